The van der Waals surface area contributed by atoms with E-state index in [0.717, 1.165) is 25.8 Å². The summed E-state index contributed by atoms with van der Waals surface area (Å²) in [5.41, 5.74) is 6.50. The van der Waals surface area contributed by atoms with Crippen molar-refractivity contribution in [3.05, 3.63) is 15.8 Å². The van der Waals surface area contributed by atoms with Crippen LogP contribution in [0.2, 0.25) is 0 Å². The molecular weight excluding hydrogens is 246 g/mol. The van der Waals surface area contributed by atoms with Gasteiger partial charge in [0.2, 0.25) is 5.82 Å². The fraction of sp³-hybridized carbons (Fsp3) is 0.750. The highest BCUT2D eigenvalue weighted by atomic mass is 16.6. The molecule has 0 aliphatic carbocycles. The first-order valence-electron chi connectivity index (χ1n) is 6.77. The monoisotopic (exact) mass is 267 g/mol. The Morgan fingerprint density at radius 2 is 2.32 bits per heavy atom. The number of anilines is 1. The molecule has 0 aromatic carbocycles. The molecule has 1 aliphatic rings. The Morgan fingerprint density at radius 1 is 1.58 bits per heavy atom. The summed E-state index contributed by atoms with van der Waals surface area (Å²) in [5.74, 6) is 0.612. The lowest BCUT2D eigenvalue weighted by Gasteiger charge is -2.24. The smallest absolute Gasteiger partial charge is 0.334 e. The van der Waals surface area contributed by atoms with Gasteiger partial charge in [-0.1, -0.05) is 13.3 Å². The predicted octanol–water partition coefficient (Wildman–Crippen LogP) is 1.21. The summed E-state index contributed by atoms with van der Waals surface area (Å²) >= 11 is 0. The molecule has 0 saturated carbocycles. The molecule has 1 aromatic rings. The summed E-state index contributed by atoms with van der Waals surface area (Å²) in [6.07, 6.45) is 3.48. The van der Waals surface area contributed by atoms with Gasteiger partial charge in [0.1, 0.15) is 5.69 Å². The SMILES string of the molecule is CCCc1nn(C)c(N2CCCC2CN)c1[N+](=O)[O-]. The number of aromatic nitrogens is 2. The van der Waals surface area contributed by atoms with Gasteiger partial charge in [-0.2, -0.15) is 5.10 Å². The number of hydrogen-bond donors (Lipinski definition) is 1. The fourth-order valence-electron chi connectivity index (χ4n) is 2.83. The fourth-order valence-corrected chi connectivity index (χ4v) is 2.83. The van der Waals surface area contributed by atoms with Crippen LogP contribution in [-0.2, 0) is 13.5 Å². The van der Waals surface area contributed by atoms with E-state index in [1.165, 1.54) is 0 Å². The minimum atomic E-state index is -0.306. The van der Waals surface area contributed by atoms with Crippen molar-refractivity contribution in [3.63, 3.8) is 0 Å². The van der Waals surface area contributed by atoms with Crippen molar-refractivity contribution in [3.8, 4) is 0 Å². The van der Waals surface area contributed by atoms with Crippen LogP contribution in [-0.4, -0.2) is 33.8 Å². The molecule has 1 saturated heterocycles. The minimum absolute atomic E-state index is 0.157. The zero-order valence-corrected chi connectivity index (χ0v) is 11.5. The van der Waals surface area contributed by atoms with Crippen LogP contribution in [0.15, 0.2) is 0 Å². The highest BCUT2D eigenvalue weighted by molar-refractivity contribution is 5.62. The van der Waals surface area contributed by atoms with Crippen LogP contribution in [0.3, 0.4) is 0 Å². The highest BCUT2D eigenvalue weighted by Gasteiger charge is 2.35. The highest BCUT2D eigenvalue weighted by Crippen LogP contribution is 2.35. The van der Waals surface area contributed by atoms with E-state index in [9.17, 15) is 10.1 Å². The first-order valence-corrected chi connectivity index (χ1v) is 6.77. The van der Waals surface area contributed by atoms with E-state index < -0.39 is 0 Å². The van der Waals surface area contributed by atoms with Gasteiger partial charge in [0, 0.05) is 26.2 Å². The Morgan fingerprint density at radius 3 is 2.89 bits per heavy atom. The van der Waals surface area contributed by atoms with Gasteiger partial charge >= 0.3 is 5.69 Å². The second-order valence-electron chi connectivity index (χ2n) is 4.97. The number of rotatable bonds is 5. The topological polar surface area (TPSA) is 90.2 Å². The lowest BCUT2D eigenvalue weighted by Crippen LogP contribution is -2.36. The Balaban J connectivity index is 2.46. The van der Waals surface area contributed by atoms with Gasteiger partial charge in [0.05, 0.1) is 4.92 Å². The number of aryl methyl sites for hydroxylation is 2. The lowest BCUT2D eigenvalue weighted by atomic mass is 10.2. The second-order valence-corrected chi connectivity index (χ2v) is 4.97. The Bertz CT molecular complexity index is 471. The van der Waals surface area contributed by atoms with Crippen LogP contribution >= 0.6 is 0 Å². The van der Waals surface area contributed by atoms with Crippen LogP contribution in [0.4, 0.5) is 11.5 Å². The quantitative estimate of drug-likeness (QED) is 0.639. The molecule has 7 heteroatoms. The van der Waals surface area contributed by atoms with Gasteiger partial charge in [-0.3, -0.25) is 10.1 Å². The lowest BCUT2D eigenvalue weighted by molar-refractivity contribution is -0.384. The van der Waals surface area contributed by atoms with Gasteiger partial charge in [0.25, 0.3) is 0 Å². The normalized spacial score (nSPS) is 19.1. The maximum atomic E-state index is 11.4. The zero-order valence-electron chi connectivity index (χ0n) is 11.5. The Hall–Kier alpha value is -1.63. The molecule has 7 nitrogen and oxygen atoms in total. The molecule has 2 rings (SSSR count). The first-order chi connectivity index (χ1) is 9.10. The molecule has 1 fully saturated rings. The summed E-state index contributed by atoms with van der Waals surface area (Å²) in [6, 6.07) is 0.184. The third-order valence-corrected chi connectivity index (χ3v) is 3.65. The van der Waals surface area contributed by atoms with Crippen molar-refractivity contribution < 1.29 is 4.92 Å². The molecule has 106 valence electrons. The second kappa shape index (κ2) is 5.56. The Labute approximate surface area is 112 Å². The van der Waals surface area contributed by atoms with Crippen LogP contribution in [0.5, 0.6) is 0 Å². The average molecular weight is 267 g/mol. The van der Waals surface area contributed by atoms with Crippen molar-refractivity contribution >= 4 is 11.5 Å². The molecule has 1 atom stereocenters. The van der Waals surface area contributed by atoms with Crippen LogP contribution in [0, 0.1) is 10.1 Å². The molecule has 1 aliphatic heterocycles. The zero-order chi connectivity index (χ0) is 14.0. The third-order valence-electron chi connectivity index (χ3n) is 3.65. The Kier molecular flexibility index (Phi) is 4.04. The maximum absolute atomic E-state index is 11.4. The molecule has 0 amide bonds. The van der Waals surface area contributed by atoms with Crippen molar-refractivity contribution in [2.75, 3.05) is 18.0 Å². The summed E-state index contributed by atoms with van der Waals surface area (Å²) in [7, 11) is 1.77. The summed E-state index contributed by atoms with van der Waals surface area (Å²) in [4.78, 5) is 13.1. The van der Waals surface area contributed by atoms with E-state index in [2.05, 4.69) is 5.10 Å². The van der Waals surface area contributed by atoms with Crippen LogP contribution in [0.1, 0.15) is 31.9 Å². The standard InChI is InChI=1S/C12H21N5O2/c1-3-5-10-11(17(18)19)12(15(2)14-10)16-7-4-6-9(16)8-13/h9H,3-8,13H2,1-2H3. The molecule has 1 unspecified atom stereocenters. The van der Waals surface area contributed by atoms with Crippen LogP contribution < -0.4 is 10.6 Å². The number of nitrogens with zero attached hydrogens (tertiary/aromatic N) is 4. The molecule has 19 heavy (non-hydrogen) atoms. The van der Waals surface area contributed by atoms with Gasteiger partial charge in [0.15, 0.2) is 0 Å². The van der Waals surface area contributed by atoms with Crippen molar-refractivity contribution in [2.45, 2.75) is 38.6 Å². The summed E-state index contributed by atoms with van der Waals surface area (Å²) in [6.45, 7) is 3.33. The molecule has 0 radical (unpaired) electrons. The van der Waals surface area contributed by atoms with E-state index in [4.69, 9.17) is 5.73 Å². The van der Waals surface area contributed by atoms with Crippen molar-refractivity contribution in [2.24, 2.45) is 12.8 Å². The van der Waals surface area contributed by atoms with E-state index in [0.29, 0.717) is 24.5 Å². The van der Waals surface area contributed by atoms with Gasteiger partial charge < -0.3 is 10.6 Å². The first kappa shape index (κ1) is 13.8. The molecule has 0 bridgehead atoms. The molecular formula is C12H21N5O2. The molecule has 2 N–H and O–H groups in total. The number of nitro groups is 1. The van der Waals surface area contributed by atoms with Crippen molar-refractivity contribution in [1.29, 1.82) is 0 Å². The summed E-state index contributed by atoms with van der Waals surface area (Å²) in [5, 5.41) is 15.7. The largest absolute Gasteiger partial charge is 0.347 e. The van der Waals surface area contributed by atoms with Crippen molar-refractivity contribution in [1.82, 2.24) is 9.78 Å². The maximum Gasteiger partial charge on any atom is 0.334 e. The van der Waals surface area contributed by atoms with E-state index in [-0.39, 0.29) is 16.7 Å². The van der Waals surface area contributed by atoms with Gasteiger partial charge in [-0.05, 0) is 19.3 Å². The number of hydrogen-bond acceptors (Lipinski definition) is 5. The van der Waals surface area contributed by atoms with Gasteiger partial charge in [-0.15, -0.1) is 0 Å². The van der Waals surface area contributed by atoms with Crippen LogP contribution in [0.25, 0.3) is 0 Å². The molecule has 1 aromatic heterocycles. The van der Waals surface area contributed by atoms with E-state index >= 15 is 0 Å². The molecule has 0 spiro atoms. The predicted molar refractivity (Wildman–Crippen MR) is 73.3 cm³/mol. The number of nitrogens with two attached hydrogens (primary N) is 1. The van der Waals surface area contributed by atoms with E-state index in [1.54, 1.807) is 11.7 Å². The molecule has 2 heterocycles. The summed E-state index contributed by atoms with van der Waals surface area (Å²) < 4.78 is 1.64. The third kappa shape index (κ3) is 2.42. The minimum Gasteiger partial charge on any atom is -0.347 e. The van der Waals surface area contributed by atoms with E-state index in [1.807, 2.05) is 11.8 Å². The average Bonchev–Trinajstić information content (AvgIpc) is 2.93. The van der Waals surface area contributed by atoms with Gasteiger partial charge in [-0.25, -0.2) is 4.68 Å².